The van der Waals surface area contributed by atoms with Crippen molar-refractivity contribution in [2.45, 2.75) is 63.1 Å². The van der Waals surface area contributed by atoms with Crippen molar-refractivity contribution in [2.24, 2.45) is 11.8 Å². The third kappa shape index (κ3) is 4.17. The SMILES string of the molecule is O=C(O)C1CCC(O)(CNCC2CCCCC2O)CC1. The zero-order valence-electron chi connectivity index (χ0n) is 12.1. The van der Waals surface area contributed by atoms with Gasteiger partial charge in [-0.05, 0) is 44.4 Å². The van der Waals surface area contributed by atoms with Crippen molar-refractivity contribution >= 4 is 5.97 Å². The van der Waals surface area contributed by atoms with E-state index in [0.29, 0.717) is 38.1 Å². The van der Waals surface area contributed by atoms with E-state index in [1.807, 2.05) is 0 Å². The Morgan fingerprint density at radius 2 is 1.80 bits per heavy atom. The first-order valence-electron chi connectivity index (χ1n) is 7.84. The van der Waals surface area contributed by atoms with Crippen LogP contribution in [-0.4, -0.2) is 46.1 Å². The molecule has 5 nitrogen and oxygen atoms in total. The summed E-state index contributed by atoms with van der Waals surface area (Å²) in [6, 6.07) is 0. The summed E-state index contributed by atoms with van der Waals surface area (Å²) in [7, 11) is 0. The van der Waals surface area contributed by atoms with Crippen LogP contribution < -0.4 is 5.32 Å². The molecule has 0 spiro atoms. The number of aliphatic hydroxyl groups is 2. The molecule has 0 radical (unpaired) electrons. The fraction of sp³-hybridized carbons (Fsp3) is 0.933. The van der Waals surface area contributed by atoms with Gasteiger partial charge in [0.25, 0.3) is 0 Å². The monoisotopic (exact) mass is 285 g/mol. The lowest BCUT2D eigenvalue weighted by Crippen LogP contribution is -2.46. The van der Waals surface area contributed by atoms with Gasteiger partial charge in [0.15, 0.2) is 0 Å². The molecule has 5 heteroatoms. The van der Waals surface area contributed by atoms with E-state index in [-0.39, 0.29) is 12.0 Å². The van der Waals surface area contributed by atoms with E-state index in [2.05, 4.69) is 5.32 Å². The highest BCUT2D eigenvalue weighted by atomic mass is 16.4. The van der Waals surface area contributed by atoms with Crippen molar-refractivity contribution in [1.82, 2.24) is 5.32 Å². The van der Waals surface area contributed by atoms with Gasteiger partial charge in [-0.2, -0.15) is 0 Å². The Morgan fingerprint density at radius 3 is 2.40 bits per heavy atom. The molecule has 2 rings (SSSR count). The molecule has 0 aliphatic heterocycles. The molecular weight excluding hydrogens is 258 g/mol. The molecule has 2 aliphatic rings. The molecule has 0 heterocycles. The Balaban J connectivity index is 1.69. The van der Waals surface area contributed by atoms with Gasteiger partial charge in [-0.25, -0.2) is 0 Å². The van der Waals surface area contributed by atoms with Gasteiger partial charge in [-0.3, -0.25) is 4.79 Å². The predicted molar refractivity (Wildman–Crippen MR) is 75.4 cm³/mol. The smallest absolute Gasteiger partial charge is 0.306 e. The van der Waals surface area contributed by atoms with Gasteiger partial charge >= 0.3 is 5.97 Å². The molecule has 4 N–H and O–H groups in total. The Hall–Kier alpha value is -0.650. The second kappa shape index (κ2) is 6.87. The molecule has 0 saturated heterocycles. The Morgan fingerprint density at radius 1 is 1.15 bits per heavy atom. The standard InChI is InChI=1S/C15H27NO4/c17-13-4-2-1-3-12(13)9-16-10-15(20)7-5-11(6-8-15)14(18)19/h11-13,16-17,20H,1-10H2,(H,18,19). The summed E-state index contributed by atoms with van der Waals surface area (Å²) in [6.07, 6.45) is 6.21. The second-order valence-electron chi connectivity index (χ2n) is 6.58. The Labute approximate surface area is 120 Å². The maximum absolute atomic E-state index is 10.9. The zero-order chi connectivity index (χ0) is 14.6. The Kier molecular flexibility index (Phi) is 5.41. The number of nitrogens with one attached hydrogen (secondary N) is 1. The highest BCUT2D eigenvalue weighted by Gasteiger charge is 2.35. The van der Waals surface area contributed by atoms with Crippen molar-refractivity contribution < 1.29 is 20.1 Å². The minimum atomic E-state index is -0.772. The zero-order valence-corrected chi connectivity index (χ0v) is 12.1. The molecule has 2 fully saturated rings. The van der Waals surface area contributed by atoms with E-state index in [0.717, 1.165) is 25.8 Å². The van der Waals surface area contributed by atoms with Crippen molar-refractivity contribution in [2.75, 3.05) is 13.1 Å². The molecule has 0 aromatic rings. The fourth-order valence-corrected chi connectivity index (χ4v) is 3.50. The van der Waals surface area contributed by atoms with E-state index < -0.39 is 11.6 Å². The van der Waals surface area contributed by atoms with Crippen LogP contribution in [0.25, 0.3) is 0 Å². The van der Waals surface area contributed by atoms with Gasteiger partial charge in [0.1, 0.15) is 0 Å². The maximum Gasteiger partial charge on any atom is 0.306 e. The molecule has 20 heavy (non-hydrogen) atoms. The molecule has 2 saturated carbocycles. The molecule has 2 unspecified atom stereocenters. The number of carbonyl (C=O) groups is 1. The highest BCUT2D eigenvalue weighted by Crippen LogP contribution is 2.32. The van der Waals surface area contributed by atoms with Crippen LogP contribution in [0.5, 0.6) is 0 Å². The summed E-state index contributed by atoms with van der Waals surface area (Å²) in [4.78, 5) is 10.9. The average molecular weight is 285 g/mol. The highest BCUT2D eigenvalue weighted by molar-refractivity contribution is 5.70. The minimum Gasteiger partial charge on any atom is -0.481 e. The molecule has 0 amide bonds. The molecule has 2 aliphatic carbocycles. The fourth-order valence-electron chi connectivity index (χ4n) is 3.50. The summed E-state index contributed by atoms with van der Waals surface area (Å²) in [5, 5.41) is 32.6. The largest absolute Gasteiger partial charge is 0.481 e. The van der Waals surface area contributed by atoms with E-state index in [1.165, 1.54) is 6.42 Å². The topological polar surface area (TPSA) is 89.8 Å². The number of carboxylic acids is 1. The Bertz CT molecular complexity index is 326. The first kappa shape index (κ1) is 15.7. The average Bonchev–Trinajstić information content (AvgIpc) is 2.41. The van der Waals surface area contributed by atoms with E-state index >= 15 is 0 Å². The first-order valence-corrected chi connectivity index (χ1v) is 7.84. The lowest BCUT2D eigenvalue weighted by atomic mass is 9.78. The third-order valence-corrected chi connectivity index (χ3v) is 5.00. The lowest BCUT2D eigenvalue weighted by Gasteiger charge is -2.36. The molecule has 2 atom stereocenters. The van der Waals surface area contributed by atoms with Crippen LogP contribution in [0.2, 0.25) is 0 Å². The van der Waals surface area contributed by atoms with Gasteiger partial charge in [0.2, 0.25) is 0 Å². The predicted octanol–water partition coefficient (Wildman–Crippen LogP) is 1.13. The van der Waals surface area contributed by atoms with E-state index in [4.69, 9.17) is 5.11 Å². The quantitative estimate of drug-likeness (QED) is 0.608. The molecule has 116 valence electrons. The normalized spacial score (nSPS) is 38.6. The lowest BCUT2D eigenvalue weighted by molar-refractivity contribution is -0.144. The number of aliphatic hydroxyl groups excluding tert-OH is 1. The van der Waals surface area contributed by atoms with Crippen molar-refractivity contribution in [1.29, 1.82) is 0 Å². The van der Waals surface area contributed by atoms with Crippen molar-refractivity contribution in [3.8, 4) is 0 Å². The maximum atomic E-state index is 10.9. The van der Waals surface area contributed by atoms with Crippen molar-refractivity contribution in [3.05, 3.63) is 0 Å². The summed E-state index contributed by atoms with van der Waals surface area (Å²) in [5.74, 6) is -0.747. The van der Waals surface area contributed by atoms with E-state index in [9.17, 15) is 15.0 Å². The first-order chi connectivity index (χ1) is 9.50. The summed E-state index contributed by atoms with van der Waals surface area (Å²) >= 11 is 0. The van der Waals surface area contributed by atoms with Crippen LogP contribution >= 0.6 is 0 Å². The minimum absolute atomic E-state index is 0.214. The van der Waals surface area contributed by atoms with E-state index in [1.54, 1.807) is 0 Å². The summed E-state index contributed by atoms with van der Waals surface area (Å²) < 4.78 is 0. The number of rotatable bonds is 5. The number of hydrogen-bond acceptors (Lipinski definition) is 4. The van der Waals surface area contributed by atoms with Crippen LogP contribution in [0.1, 0.15) is 51.4 Å². The molecule has 0 aromatic heterocycles. The van der Waals surface area contributed by atoms with Crippen LogP contribution in [0.4, 0.5) is 0 Å². The van der Waals surface area contributed by atoms with Gasteiger partial charge < -0.3 is 20.6 Å². The van der Waals surface area contributed by atoms with Crippen LogP contribution in [0.3, 0.4) is 0 Å². The van der Waals surface area contributed by atoms with Crippen LogP contribution in [-0.2, 0) is 4.79 Å². The molecule has 0 aromatic carbocycles. The van der Waals surface area contributed by atoms with Gasteiger partial charge in [0.05, 0.1) is 17.6 Å². The summed E-state index contributed by atoms with van der Waals surface area (Å²) in [5.41, 5.74) is -0.772. The number of carboxylic acid groups (broad SMARTS) is 1. The van der Waals surface area contributed by atoms with Gasteiger partial charge in [-0.1, -0.05) is 12.8 Å². The summed E-state index contributed by atoms with van der Waals surface area (Å²) in [6.45, 7) is 1.24. The third-order valence-electron chi connectivity index (χ3n) is 5.00. The number of hydrogen-bond donors (Lipinski definition) is 4. The molecule has 0 bridgehead atoms. The molecular formula is C15H27NO4. The van der Waals surface area contributed by atoms with Crippen LogP contribution in [0, 0.1) is 11.8 Å². The van der Waals surface area contributed by atoms with Crippen molar-refractivity contribution in [3.63, 3.8) is 0 Å². The number of aliphatic carboxylic acids is 1. The van der Waals surface area contributed by atoms with Crippen LogP contribution in [0.15, 0.2) is 0 Å². The van der Waals surface area contributed by atoms with Gasteiger partial charge in [0, 0.05) is 13.1 Å². The second-order valence-corrected chi connectivity index (χ2v) is 6.58. The van der Waals surface area contributed by atoms with Gasteiger partial charge in [-0.15, -0.1) is 0 Å².